The van der Waals surface area contributed by atoms with E-state index in [4.69, 9.17) is 14.2 Å². The van der Waals surface area contributed by atoms with Gasteiger partial charge in [0.2, 0.25) is 0 Å². The van der Waals surface area contributed by atoms with Gasteiger partial charge in [-0.25, -0.2) is 0 Å². The first-order chi connectivity index (χ1) is 31.2. The molecule has 380 valence electrons. The third-order valence-electron chi connectivity index (χ3n) is 13.2. The Morgan fingerprint density at radius 1 is 0.297 bits per heavy atom. The van der Waals surface area contributed by atoms with Gasteiger partial charge in [-0.2, -0.15) is 0 Å². The molecule has 64 heavy (non-hydrogen) atoms. The maximum atomic E-state index is 12.8. The molecule has 0 aliphatic rings. The summed E-state index contributed by atoms with van der Waals surface area (Å²) in [6, 6.07) is 0. The van der Waals surface area contributed by atoms with Crippen LogP contribution in [0, 0.1) is 11.8 Å². The van der Waals surface area contributed by atoms with Gasteiger partial charge in [-0.1, -0.05) is 285 Å². The van der Waals surface area contributed by atoms with Gasteiger partial charge in [0.15, 0.2) is 6.10 Å². The van der Waals surface area contributed by atoms with Crippen LogP contribution in [0.15, 0.2) is 0 Å². The van der Waals surface area contributed by atoms with Gasteiger partial charge in [0, 0.05) is 19.3 Å². The summed E-state index contributed by atoms with van der Waals surface area (Å²) in [5.74, 6) is 0.849. The van der Waals surface area contributed by atoms with Gasteiger partial charge in [0.1, 0.15) is 13.2 Å². The second-order valence-corrected chi connectivity index (χ2v) is 20.9. The zero-order valence-corrected chi connectivity index (χ0v) is 43.9. The van der Waals surface area contributed by atoms with Crippen LogP contribution < -0.4 is 0 Å². The van der Waals surface area contributed by atoms with Gasteiger partial charge < -0.3 is 14.2 Å². The number of unbranched alkanes of at least 4 members (excludes halogenated alkanes) is 37. The molecule has 0 N–H and O–H groups in total. The fourth-order valence-corrected chi connectivity index (χ4v) is 8.87. The SMILES string of the molecule is CCCCCCCCCCCCCCC(=O)O[C@H](COC(=O)CCCCCCCCCCCCCCCCCC(C)C)COC(=O)CCCCCCCCCCCCCCCC(C)C. The van der Waals surface area contributed by atoms with E-state index in [0.29, 0.717) is 19.3 Å². The summed E-state index contributed by atoms with van der Waals surface area (Å²) in [6.45, 7) is 11.4. The molecule has 0 unspecified atom stereocenters. The van der Waals surface area contributed by atoms with Crippen LogP contribution in [0.3, 0.4) is 0 Å². The summed E-state index contributed by atoms with van der Waals surface area (Å²) >= 11 is 0. The van der Waals surface area contributed by atoms with E-state index < -0.39 is 6.10 Å². The average Bonchev–Trinajstić information content (AvgIpc) is 3.27. The summed E-state index contributed by atoms with van der Waals surface area (Å²) in [7, 11) is 0. The summed E-state index contributed by atoms with van der Waals surface area (Å²) in [4.78, 5) is 38.1. The van der Waals surface area contributed by atoms with E-state index in [1.165, 1.54) is 212 Å². The molecule has 0 fully saturated rings. The number of hydrogen-bond donors (Lipinski definition) is 0. The minimum Gasteiger partial charge on any atom is -0.462 e. The Hall–Kier alpha value is -1.59. The summed E-state index contributed by atoms with van der Waals surface area (Å²) < 4.78 is 16.9. The highest BCUT2D eigenvalue weighted by Crippen LogP contribution is 2.18. The van der Waals surface area contributed by atoms with Crippen molar-refractivity contribution in [3.05, 3.63) is 0 Å². The molecule has 0 rings (SSSR count). The molecule has 0 saturated heterocycles. The smallest absolute Gasteiger partial charge is 0.306 e. The standard InChI is InChI=1S/C58H112O6/c1-6-7-8-9-10-11-12-23-30-35-40-45-50-58(61)64-55(52-63-57(60)49-44-39-34-29-25-20-16-18-22-27-32-37-42-47-54(4)5)51-62-56(59)48-43-38-33-28-24-19-15-13-14-17-21-26-31-36-41-46-53(2)3/h53-55H,6-52H2,1-5H3/t55-/m1/s1. The van der Waals surface area contributed by atoms with Crippen molar-refractivity contribution in [2.45, 2.75) is 330 Å². The lowest BCUT2D eigenvalue weighted by molar-refractivity contribution is -0.167. The van der Waals surface area contributed by atoms with Gasteiger partial charge in [-0.3, -0.25) is 14.4 Å². The van der Waals surface area contributed by atoms with Crippen molar-refractivity contribution < 1.29 is 28.6 Å². The van der Waals surface area contributed by atoms with E-state index in [0.717, 1.165) is 69.6 Å². The second-order valence-electron chi connectivity index (χ2n) is 20.9. The largest absolute Gasteiger partial charge is 0.462 e. The van der Waals surface area contributed by atoms with Crippen molar-refractivity contribution in [2.75, 3.05) is 13.2 Å². The van der Waals surface area contributed by atoms with Crippen LogP contribution >= 0.6 is 0 Å². The molecular weight excluding hydrogens is 793 g/mol. The van der Waals surface area contributed by atoms with Crippen molar-refractivity contribution in [2.24, 2.45) is 11.8 Å². The number of esters is 3. The molecule has 0 aliphatic heterocycles. The quantitative estimate of drug-likeness (QED) is 0.0344. The molecule has 0 radical (unpaired) electrons. The van der Waals surface area contributed by atoms with Crippen LogP contribution in [0.5, 0.6) is 0 Å². The number of carbonyl (C=O) groups excluding carboxylic acids is 3. The number of hydrogen-bond acceptors (Lipinski definition) is 6. The Bertz CT molecular complexity index is 978. The van der Waals surface area contributed by atoms with Gasteiger partial charge in [0.25, 0.3) is 0 Å². The maximum Gasteiger partial charge on any atom is 0.306 e. The Kier molecular flexibility index (Phi) is 49.6. The van der Waals surface area contributed by atoms with E-state index in [1.54, 1.807) is 0 Å². The lowest BCUT2D eigenvalue weighted by Gasteiger charge is -2.18. The molecule has 0 heterocycles. The number of ether oxygens (including phenoxy) is 3. The van der Waals surface area contributed by atoms with E-state index in [2.05, 4.69) is 34.6 Å². The monoisotopic (exact) mass is 905 g/mol. The maximum absolute atomic E-state index is 12.8. The first kappa shape index (κ1) is 62.4. The second kappa shape index (κ2) is 50.8. The highest BCUT2D eigenvalue weighted by atomic mass is 16.6. The molecular formula is C58H112O6. The van der Waals surface area contributed by atoms with Crippen LogP contribution in [0.2, 0.25) is 0 Å². The lowest BCUT2D eigenvalue weighted by Crippen LogP contribution is -2.30. The molecule has 0 amide bonds. The Balaban J connectivity index is 4.26. The van der Waals surface area contributed by atoms with Gasteiger partial charge in [-0.05, 0) is 31.1 Å². The van der Waals surface area contributed by atoms with E-state index >= 15 is 0 Å². The molecule has 6 nitrogen and oxygen atoms in total. The Morgan fingerprint density at radius 2 is 0.516 bits per heavy atom. The molecule has 0 aliphatic carbocycles. The van der Waals surface area contributed by atoms with Crippen LogP contribution in [0.4, 0.5) is 0 Å². The predicted molar refractivity (Wildman–Crippen MR) is 275 cm³/mol. The fourth-order valence-electron chi connectivity index (χ4n) is 8.87. The summed E-state index contributed by atoms with van der Waals surface area (Å²) in [6.07, 6.45) is 53.8. The third-order valence-corrected chi connectivity index (χ3v) is 13.2. The van der Waals surface area contributed by atoms with Crippen LogP contribution in [0.1, 0.15) is 324 Å². The van der Waals surface area contributed by atoms with Gasteiger partial charge in [0.05, 0.1) is 0 Å². The normalized spacial score (nSPS) is 12.0. The zero-order chi connectivity index (χ0) is 46.8. The lowest BCUT2D eigenvalue weighted by atomic mass is 10.0. The number of carbonyl (C=O) groups is 3. The molecule has 1 atom stereocenters. The predicted octanol–water partition coefficient (Wildman–Crippen LogP) is 18.9. The minimum atomic E-state index is -0.762. The van der Waals surface area contributed by atoms with Crippen molar-refractivity contribution in [1.29, 1.82) is 0 Å². The van der Waals surface area contributed by atoms with E-state index in [1.807, 2.05) is 0 Å². The first-order valence-corrected chi connectivity index (χ1v) is 28.7. The third kappa shape index (κ3) is 51.4. The van der Waals surface area contributed by atoms with Crippen LogP contribution in [-0.4, -0.2) is 37.2 Å². The molecule has 0 bridgehead atoms. The topological polar surface area (TPSA) is 78.9 Å². The molecule has 0 aromatic heterocycles. The molecule has 0 spiro atoms. The Labute approximate surface area is 399 Å². The van der Waals surface area contributed by atoms with Crippen molar-refractivity contribution in [1.82, 2.24) is 0 Å². The highest BCUT2D eigenvalue weighted by Gasteiger charge is 2.19. The summed E-state index contributed by atoms with van der Waals surface area (Å²) in [5, 5.41) is 0. The fraction of sp³-hybridized carbons (Fsp3) is 0.948. The molecule has 6 heteroatoms. The molecule has 0 aromatic rings. The van der Waals surface area contributed by atoms with Crippen LogP contribution in [-0.2, 0) is 28.6 Å². The average molecular weight is 906 g/mol. The van der Waals surface area contributed by atoms with Crippen molar-refractivity contribution >= 4 is 17.9 Å². The molecule has 0 saturated carbocycles. The minimum absolute atomic E-state index is 0.0626. The highest BCUT2D eigenvalue weighted by molar-refractivity contribution is 5.71. The van der Waals surface area contributed by atoms with Crippen molar-refractivity contribution in [3.63, 3.8) is 0 Å². The Morgan fingerprint density at radius 3 is 0.766 bits per heavy atom. The van der Waals surface area contributed by atoms with Crippen molar-refractivity contribution in [3.8, 4) is 0 Å². The van der Waals surface area contributed by atoms with Crippen LogP contribution in [0.25, 0.3) is 0 Å². The molecule has 0 aromatic carbocycles. The van der Waals surface area contributed by atoms with E-state index in [-0.39, 0.29) is 31.1 Å². The zero-order valence-electron chi connectivity index (χ0n) is 43.9. The van der Waals surface area contributed by atoms with E-state index in [9.17, 15) is 14.4 Å². The van der Waals surface area contributed by atoms with Gasteiger partial charge >= 0.3 is 17.9 Å². The summed E-state index contributed by atoms with van der Waals surface area (Å²) in [5.41, 5.74) is 0. The van der Waals surface area contributed by atoms with Gasteiger partial charge in [-0.15, -0.1) is 0 Å². The first-order valence-electron chi connectivity index (χ1n) is 28.7. The number of rotatable bonds is 52.